The van der Waals surface area contributed by atoms with Gasteiger partial charge in [-0.1, -0.05) is 141 Å². The normalized spacial score (nSPS) is 13.9. The molecule has 5 heteroatoms. The van der Waals surface area contributed by atoms with Crippen LogP contribution >= 0.6 is 11.3 Å². The van der Waals surface area contributed by atoms with Gasteiger partial charge in [0, 0.05) is 64.6 Å². The number of benzene rings is 9. The lowest BCUT2D eigenvalue weighted by Crippen LogP contribution is -2.30. The van der Waals surface area contributed by atoms with Gasteiger partial charge in [0.25, 0.3) is 0 Å². The van der Waals surface area contributed by atoms with Gasteiger partial charge in [0.15, 0.2) is 0 Å². The van der Waals surface area contributed by atoms with Crippen molar-refractivity contribution in [3.63, 3.8) is 0 Å². The molecule has 6 heterocycles. The molecule has 64 heavy (non-hydrogen) atoms. The SMILES string of the molecule is CC1(C)c2ccccc2N(c2ccc(-n3c4ccccc4c4cc5c(cc43)n3c4ccccc4c4cccc(c6cccc7c8sc9ccccc9c8n5c67)c43)cc2)c2ccccc21. The number of anilines is 3. The van der Waals surface area contributed by atoms with Gasteiger partial charge in [-0.2, -0.15) is 0 Å². The monoisotopic (exact) mass is 834 g/mol. The van der Waals surface area contributed by atoms with Crippen molar-refractivity contribution in [2.45, 2.75) is 19.3 Å². The maximum absolute atomic E-state index is 2.61. The third-order valence-electron chi connectivity index (χ3n) is 14.5. The third-order valence-corrected chi connectivity index (χ3v) is 15.7. The van der Waals surface area contributed by atoms with Gasteiger partial charge in [-0.3, -0.25) is 0 Å². The van der Waals surface area contributed by atoms with Crippen LogP contribution in [0.1, 0.15) is 25.0 Å². The molecule has 14 aromatic rings. The number of para-hydroxylation sites is 6. The molecule has 0 saturated carbocycles. The minimum absolute atomic E-state index is 0.114. The minimum Gasteiger partial charge on any atom is -0.310 e. The third kappa shape index (κ3) is 4.27. The maximum Gasteiger partial charge on any atom is 0.0728 e. The van der Waals surface area contributed by atoms with Gasteiger partial charge >= 0.3 is 0 Å². The second kappa shape index (κ2) is 12.2. The molecule has 0 radical (unpaired) electrons. The van der Waals surface area contributed by atoms with Crippen molar-refractivity contribution in [3.8, 4) is 5.69 Å². The number of hydrogen-bond acceptors (Lipinski definition) is 2. The highest BCUT2D eigenvalue weighted by Crippen LogP contribution is 2.52. The number of rotatable bonds is 2. The Morgan fingerprint density at radius 3 is 1.59 bits per heavy atom. The zero-order valence-corrected chi connectivity index (χ0v) is 36.0. The minimum atomic E-state index is -0.114. The Morgan fingerprint density at radius 1 is 0.359 bits per heavy atom. The first-order valence-corrected chi connectivity index (χ1v) is 23.0. The van der Waals surface area contributed by atoms with Crippen LogP contribution in [0.3, 0.4) is 0 Å². The van der Waals surface area contributed by atoms with Gasteiger partial charge in [0.05, 0.1) is 60.2 Å². The van der Waals surface area contributed by atoms with E-state index in [1.807, 2.05) is 11.3 Å². The standard InChI is InChI=1S/C59H38N4S/c1-59(2)45-22-6-10-26-49(45)61(50-27-11-7-23-46(50)59)36-31-29-35(30-32-36)60-47-24-8-4-16-38(47)44-33-52-53(34-51(44)60)62-48-25-9-3-15-37(48)39-18-13-19-40(55(39)62)41-20-14-21-43-56(41)63(52)57-42-17-5-12-28-54(42)64-58(43)57/h3-34H,1-2H3. The van der Waals surface area contributed by atoms with Crippen molar-refractivity contribution in [1.82, 2.24) is 13.4 Å². The molecule has 0 saturated heterocycles. The molecule has 4 nitrogen and oxygen atoms in total. The quantitative estimate of drug-likeness (QED) is 0.170. The Hall–Kier alpha value is -7.86. The molecular formula is C59H38N4S. The Morgan fingerprint density at radius 2 is 0.875 bits per heavy atom. The molecule has 5 aromatic heterocycles. The van der Waals surface area contributed by atoms with Crippen LogP contribution in [0, 0.1) is 0 Å². The van der Waals surface area contributed by atoms with Gasteiger partial charge in [0.1, 0.15) is 0 Å². The van der Waals surface area contributed by atoms with Crippen LogP contribution in [0.2, 0.25) is 0 Å². The summed E-state index contributed by atoms with van der Waals surface area (Å²) in [6.45, 7) is 4.69. The van der Waals surface area contributed by atoms with Crippen LogP contribution < -0.4 is 4.90 Å². The molecule has 0 fully saturated rings. The molecule has 0 amide bonds. The van der Waals surface area contributed by atoms with E-state index in [0.717, 1.165) is 11.4 Å². The molecule has 1 aliphatic rings. The second-order valence-corrected chi connectivity index (χ2v) is 19.1. The average Bonchev–Trinajstić information content (AvgIpc) is 4.07. The highest BCUT2D eigenvalue weighted by molar-refractivity contribution is 7.26. The summed E-state index contributed by atoms with van der Waals surface area (Å²) in [5, 5.41) is 10.1. The smallest absolute Gasteiger partial charge is 0.0728 e. The summed E-state index contributed by atoms with van der Waals surface area (Å²) in [5.41, 5.74) is 17.0. The summed E-state index contributed by atoms with van der Waals surface area (Å²) >= 11 is 1.91. The van der Waals surface area contributed by atoms with Crippen molar-refractivity contribution in [2.75, 3.05) is 4.90 Å². The number of hydrogen-bond donors (Lipinski definition) is 0. The largest absolute Gasteiger partial charge is 0.310 e. The Bertz CT molecular complexity index is 4300. The molecule has 0 N–H and O–H groups in total. The summed E-state index contributed by atoms with van der Waals surface area (Å²) in [6.07, 6.45) is 0. The zero-order valence-electron chi connectivity index (χ0n) is 35.2. The van der Waals surface area contributed by atoms with Crippen molar-refractivity contribution in [2.24, 2.45) is 0 Å². The molecule has 1 aliphatic heterocycles. The zero-order chi connectivity index (χ0) is 42.0. The fourth-order valence-electron chi connectivity index (χ4n) is 11.8. The highest BCUT2D eigenvalue weighted by atomic mass is 32.1. The van der Waals surface area contributed by atoms with Gasteiger partial charge in [0.2, 0.25) is 0 Å². The molecule has 300 valence electrons. The van der Waals surface area contributed by atoms with Crippen LogP contribution in [-0.4, -0.2) is 13.4 Å². The number of aromatic nitrogens is 3. The fourth-order valence-corrected chi connectivity index (χ4v) is 13.0. The summed E-state index contributed by atoms with van der Waals surface area (Å²) < 4.78 is 10.3. The van der Waals surface area contributed by atoms with E-state index in [0.29, 0.717) is 0 Å². The molecule has 0 unspecified atom stereocenters. The Balaban J connectivity index is 1.09. The summed E-state index contributed by atoms with van der Waals surface area (Å²) in [4.78, 5) is 2.44. The molecule has 9 aromatic carbocycles. The van der Waals surface area contributed by atoms with E-state index in [1.165, 1.54) is 119 Å². The fraction of sp³-hybridized carbons (Fsp3) is 0.0508. The van der Waals surface area contributed by atoms with Crippen molar-refractivity contribution >= 4 is 125 Å². The lowest BCUT2D eigenvalue weighted by molar-refractivity contribution is 0.632. The van der Waals surface area contributed by atoms with Crippen LogP contribution in [0.25, 0.3) is 102 Å². The summed E-state index contributed by atoms with van der Waals surface area (Å²) in [5.74, 6) is 0. The van der Waals surface area contributed by atoms with E-state index < -0.39 is 0 Å². The van der Waals surface area contributed by atoms with Gasteiger partial charge in [-0.15, -0.1) is 11.3 Å². The van der Waals surface area contributed by atoms with Crippen LogP contribution in [0.5, 0.6) is 0 Å². The Kier molecular flexibility index (Phi) is 6.61. The average molecular weight is 835 g/mol. The predicted octanol–water partition coefficient (Wildman–Crippen LogP) is 16.4. The van der Waals surface area contributed by atoms with Crippen LogP contribution in [0.15, 0.2) is 194 Å². The molecular weight excluding hydrogens is 797 g/mol. The topological polar surface area (TPSA) is 17.0 Å². The first kappa shape index (κ1) is 34.7. The lowest BCUT2D eigenvalue weighted by Gasteiger charge is -2.42. The summed E-state index contributed by atoms with van der Waals surface area (Å²) in [7, 11) is 0. The summed E-state index contributed by atoms with van der Waals surface area (Å²) in [6, 6.07) is 72.7. The van der Waals surface area contributed by atoms with Crippen LogP contribution in [-0.2, 0) is 5.41 Å². The highest BCUT2D eigenvalue weighted by Gasteiger charge is 2.36. The molecule has 0 bridgehead atoms. The number of fused-ring (bicyclic) bond motifs is 17. The number of nitrogens with zero attached hydrogens (tertiary/aromatic N) is 4. The van der Waals surface area contributed by atoms with Crippen molar-refractivity contribution < 1.29 is 0 Å². The van der Waals surface area contributed by atoms with Crippen molar-refractivity contribution in [1.29, 1.82) is 0 Å². The molecule has 0 aliphatic carbocycles. The van der Waals surface area contributed by atoms with E-state index in [2.05, 4.69) is 226 Å². The van der Waals surface area contributed by atoms with Gasteiger partial charge in [-0.05, 0) is 77.9 Å². The predicted molar refractivity (Wildman–Crippen MR) is 272 cm³/mol. The lowest BCUT2D eigenvalue weighted by atomic mass is 9.73. The second-order valence-electron chi connectivity index (χ2n) is 18.1. The van der Waals surface area contributed by atoms with E-state index in [-0.39, 0.29) is 5.41 Å². The van der Waals surface area contributed by atoms with Crippen molar-refractivity contribution in [3.05, 3.63) is 205 Å². The molecule has 0 spiro atoms. The first-order valence-electron chi connectivity index (χ1n) is 22.2. The van der Waals surface area contributed by atoms with E-state index in [9.17, 15) is 0 Å². The number of thiophene rings is 1. The van der Waals surface area contributed by atoms with Gasteiger partial charge in [-0.25, -0.2) is 0 Å². The van der Waals surface area contributed by atoms with E-state index in [1.54, 1.807) is 0 Å². The molecule has 15 rings (SSSR count). The van der Waals surface area contributed by atoms with Crippen LogP contribution in [0.4, 0.5) is 17.1 Å². The van der Waals surface area contributed by atoms with Gasteiger partial charge < -0.3 is 18.3 Å². The maximum atomic E-state index is 2.61. The molecule has 0 atom stereocenters. The van der Waals surface area contributed by atoms with E-state index in [4.69, 9.17) is 0 Å². The first-order chi connectivity index (χ1) is 31.5. The van der Waals surface area contributed by atoms with E-state index >= 15 is 0 Å². The Labute approximate surface area is 371 Å².